The van der Waals surface area contributed by atoms with Crippen molar-refractivity contribution in [3.8, 4) is 11.1 Å². The largest absolute Gasteiger partial charge is 0.0984 e. The van der Waals surface area contributed by atoms with Crippen LogP contribution in [0.1, 0.15) is 48.9 Å². The third kappa shape index (κ3) is 2.62. The number of hydrogen-bond donors (Lipinski definition) is 0. The minimum Gasteiger partial charge on any atom is -0.0984 e. The smallest absolute Gasteiger partial charge is 0.00737 e. The van der Waals surface area contributed by atoms with E-state index in [-0.39, 0.29) is 0 Å². The van der Waals surface area contributed by atoms with E-state index in [0.29, 0.717) is 11.8 Å². The summed E-state index contributed by atoms with van der Waals surface area (Å²) in [7, 11) is 0. The Hall–Kier alpha value is -2.60. The van der Waals surface area contributed by atoms with Crippen LogP contribution in [0.4, 0.5) is 0 Å². The molecule has 3 aromatic carbocycles. The third-order valence-corrected chi connectivity index (χ3v) is 5.28. The Morgan fingerprint density at radius 3 is 2.20 bits per heavy atom. The average molecular weight is 324 g/mol. The fraction of sp³-hybridized carbons (Fsp3) is 0.200. The van der Waals surface area contributed by atoms with Crippen molar-refractivity contribution in [1.82, 2.24) is 0 Å². The summed E-state index contributed by atoms with van der Waals surface area (Å²) in [5, 5.41) is 2.63. The number of rotatable bonds is 3. The van der Waals surface area contributed by atoms with Crippen LogP contribution < -0.4 is 0 Å². The molecule has 0 heterocycles. The Bertz CT molecular complexity index is 1000. The molecular weight excluding hydrogens is 300 g/mol. The molecule has 1 aliphatic rings. The molecule has 4 rings (SSSR count). The van der Waals surface area contributed by atoms with Gasteiger partial charge in [0, 0.05) is 5.92 Å². The van der Waals surface area contributed by atoms with Crippen LogP contribution in [-0.4, -0.2) is 0 Å². The SMILES string of the molecule is C=Cc1cc2c(cc1/C=C\C(C)C)[C@H](C)c1cc3ccccc3cc1-2. The van der Waals surface area contributed by atoms with E-state index in [1.165, 1.54) is 44.2 Å². The van der Waals surface area contributed by atoms with Crippen molar-refractivity contribution in [3.63, 3.8) is 0 Å². The maximum Gasteiger partial charge on any atom is 0.00737 e. The molecular formula is C25H24. The highest BCUT2D eigenvalue weighted by Crippen LogP contribution is 2.47. The van der Waals surface area contributed by atoms with E-state index in [0.717, 1.165) is 0 Å². The summed E-state index contributed by atoms with van der Waals surface area (Å²) in [5.41, 5.74) is 8.09. The molecule has 0 unspecified atom stereocenters. The number of allylic oxidation sites excluding steroid dienone is 1. The van der Waals surface area contributed by atoms with Gasteiger partial charge in [-0.1, -0.05) is 69.8 Å². The lowest BCUT2D eigenvalue weighted by Crippen LogP contribution is -1.92. The van der Waals surface area contributed by atoms with E-state index in [4.69, 9.17) is 0 Å². The zero-order valence-electron chi connectivity index (χ0n) is 15.2. The lowest BCUT2D eigenvalue weighted by Gasteiger charge is -2.10. The van der Waals surface area contributed by atoms with Gasteiger partial charge in [-0.2, -0.15) is 0 Å². The average Bonchev–Trinajstić information content (AvgIpc) is 2.88. The highest BCUT2D eigenvalue weighted by atomic mass is 14.3. The molecule has 1 aliphatic carbocycles. The monoisotopic (exact) mass is 324 g/mol. The van der Waals surface area contributed by atoms with E-state index >= 15 is 0 Å². The molecule has 0 nitrogen and oxygen atoms in total. The molecule has 0 aliphatic heterocycles. The van der Waals surface area contributed by atoms with E-state index in [1.807, 2.05) is 6.08 Å². The number of benzene rings is 3. The van der Waals surface area contributed by atoms with Gasteiger partial charge in [-0.15, -0.1) is 0 Å². The van der Waals surface area contributed by atoms with Crippen molar-refractivity contribution < 1.29 is 0 Å². The highest BCUT2D eigenvalue weighted by molar-refractivity contribution is 5.93. The fourth-order valence-electron chi connectivity index (χ4n) is 3.88. The zero-order valence-corrected chi connectivity index (χ0v) is 15.2. The van der Waals surface area contributed by atoms with Gasteiger partial charge < -0.3 is 0 Å². The van der Waals surface area contributed by atoms with Crippen molar-refractivity contribution in [1.29, 1.82) is 0 Å². The van der Waals surface area contributed by atoms with Crippen LogP contribution in [-0.2, 0) is 0 Å². The summed E-state index contributed by atoms with van der Waals surface area (Å²) >= 11 is 0. The molecule has 25 heavy (non-hydrogen) atoms. The first kappa shape index (κ1) is 15.9. The normalized spacial score (nSPS) is 15.8. The highest BCUT2D eigenvalue weighted by Gasteiger charge is 2.26. The van der Waals surface area contributed by atoms with Crippen LogP contribution in [0.15, 0.2) is 61.2 Å². The standard InChI is InChI=1S/C25H24/c1-5-18-12-24-23(14-21(18)11-10-16(2)3)17(4)22-13-19-8-6-7-9-20(19)15-25(22)24/h5-17H,1H2,2-4H3/b11-10-/t17-/m1/s1. The molecule has 0 radical (unpaired) electrons. The second-order valence-electron chi connectivity index (χ2n) is 7.38. The Morgan fingerprint density at radius 1 is 0.880 bits per heavy atom. The van der Waals surface area contributed by atoms with Gasteiger partial charge in [-0.05, 0) is 74.3 Å². The van der Waals surface area contributed by atoms with Crippen molar-refractivity contribution in [2.75, 3.05) is 0 Å². The summed E-state index contributed by atoms with van der Waals surface area (Å²) in [5.74, 6) is 0.977. The van der Waals surface area contributed by atoms with Gasteiger partial charge in [-0.3, -0.25) is 0 Å². The van der Waals surface area contributed by atoms with Crippen molar-refractivity contribution >= 4 is 22.9 Å². The molecule has 124 valence electrons. The molecule has 0 spiro atoms. The summed E-state index contributed by atoms with van der Waals surface area (Å²) in [6.07, 6.45) is 6.48. The summed E-state index contributed by atoms with van der Waals surface area (Å²) in [6, 6.07) is 18.0. The Morgan fingerprint density at radius 2 is 1.52 bits per heavy atom. The van der Waals surface area contributed by atoms with E-state index in [1.54, 1.807) is 0 Å². The molecule has 1 atom stereocenters. The lowest BCUT2D eigenvalue weighted by molar-refractivity contribution is 0.836. The first-order valence-electron chi connectivity index (χ1n) is 9.10. The van der Waals surface area contributed by atoms with Gasteiger partial charge in [0.2, 0.25) is 0 Å². The third-order valence-electron chi connectivity index (χ3n) is 5.28. The van der Waals surface area contributed by atoms with Gasteiger partial charge in [0.15, 0.2) is 0 Å². The maximum atomic E-state index is 4.04. The lowest BCUT2D eigenvalue weighted by atomic mass is 9.94. The van der Waals surface area contributed by atoms with Crippen LogP contribution in [0.2, 0.25) is 0 Å². The summed E-state index contributed by atoms with van der Waals surface area (Å²) in [4.78, 5) is 0. The van der Waals surface area contributed by atoms with E-state index in [9.17, 15) is 0 Å². The van der Waals surface area contributed by atoms with Crippen LogP contribution in [0.3, 0.4) is 0 Å². The maximum absolute atomic E-state index is 4.04. The molecule has 0 amide bonds. The van der Waals surface area contributed by atoms with Crippen LogP contribution in [0, 0.1) is 5.92 Å². The summed E-state index contributed by atoms with van der Waals surface area (Å²) in [6.45, 7) is 10.8. The number of hydrogen-bond acceptors (Lipinski definition) is 0. The quantitative estimate of drug-likeness (QED) is 0.474. The van der Waals surface area contributed by atoms with Crippen molar-refractivity contribution in [2.24, 2.45) is 5.92 Å². The van der Waals surface area contributed by atoms with Gasteiger partial charge in [-0.25, -0.2) is 0 Å². The van der Waals surface area contributed by atoms with E-state index in [2.05, 4.69) is 88.0 Å². The minimum absolute atomic E-state index is 0.430. The number of fused-ring (bicyclic) bond motifs is 4. The second-order valence-corrected chi connectivity index (χ2v) is 7.38. The first-order chi connectivity index (χ1) is 12.1. The Labute approximate surface area is 150 Å². The molecule has 0 bridgehead atoms. The predicted octanol–water partition coefficient (Wildman–Crippen LogP) is 7.28. The van der Waals surface area contributed by atoms with Gasteiger partial charge in [0.1, 0.15) is 0 Å². The predicted molar refractivity (Wildman–Crippen MR) is 111 cm³/mol. The Balaban J connectivity index is 1.93. The minimum atomic E-state index is 0.430. The van der Waals surface area contributed by atoms with Crippen LogP contribution >= 0.6 is 0 Å². The molecule has 3 aromatic rings. The zero-order chi connectivity index (χ0) is 17.6. The van der Waals surface area contributed by atoms with Gasteiger partial charge in [0.25, 0.3) is 0 Å². The van der Waals surface area contributed by atoms with Crippen LogP contribution in [0.25, 0.3) is 34.1 Å². The molecule has 0 N–H and O–H groups in total. The van der Waals surface area contributed by atoms with Crippen LogP contribution in [0.5, 0.6) is 0 Å². The molecule has 0 saturated heterocycles. The molecule has 0 heteroatoms. The first-order valence-corrected chi connectivity index (χ1v) is 9.10. The van der Waals surface area contributed by atoms with Gasteiger partial charge >= 0.3 is 0 Å². The van der Waals surface area contributed by atoms with Crippen molar-refractivity contribution in [2.45, 2.75) is 26.7 Å². The fourth-order valence-corrected chi connectivity index (χ4v) is 3.88. The topological polar surface area (TPSA) is 0 Å². The van der Waals surface area contributed by atoms with E-state index < -0.39 is 0 Å². The summed E-state index contributed by atoms with van der Waals surface area (Å²) < 4.78 is 0. The Kier molecular flexibility index (Phi) is 3.84. The molecule has 0 saturated carbocycles. The second kappa shape index (κ2) is 6.04. The van der Waals surface area contributed by atoms with Crippen molar-refractivity contribution in [3.05, 3.63) is 83.4 Å². The molecule has 0 fully saturated rings. The van der Waals surface area contributed by atoms with Gasteiger partial charge in [0.05, 0.1) is 0 Å². The molecule has 0 aromatic heterocycles.